The zero-order chi connectivity index (χ0) is 19.5. The van der Waals surface area contributed by atoms with Gasteiger partial charge in [-0.15, -0.1) is 21.5 Å². The Bertz CT molecular complexity index is 1170. The second kappa shape index (κ2) is 7.74. The van der Waals surface area contributed by atoms with Crippen molar-refractivity contribution in [3.63, 3.8) is 0 Å². The summed E-state index contributed by atoms with van der Waals surface area (Å²) in [5.41, 5.74) is 1.90. The predicted octanol–water partition coefficient (Wildman–Crippen LogP) is 3.49. The van der Waals surface area contributed by atoms with E-state index in [1.54, 1.807) is 17.5 Å². The Hall–Kier alpha value is -3.31. The summed E-state index contributed by atoms with van der Waals surface area (Å²) in [6.07, 6.45) is 1.84. The van der Waals surface area contributed by atoms with E-state index in [2.05, 4.69) is 20.5 Å². The number of thioether (sulfide) groups is 1. The molecule has 1 aromatic carbocycles. The van der Waals surface area contributed by atoms with Gasteiger partial charge in [0.25, 0.3) is 5.69 Å². The second-order valence-corrected chi connectivity index (χ2v) is 7.39. The Balaban J connectivity index is 1.40. The molecule has 4 rings (SSSR count). The zero-order valence-electron chi connectivity index (χ0n) is 14.2. The molecule has 11 heteroatoms. The summed E-state index contributed by atoms with van der Waals surface area (Å²) in [4.78, 5) is 27.0. The summed E-state index contributed by atoms with van der Waals surface area (Å²) in [6, 6.07) is 11.8. The number of rotatable bonds is 6. The van der Waals surface area contributed by atoms with Gasteiger partial charge in [0.1, 0.15) is 0 Å². The number of anilines is 1. The van der Waals surface area contributed by atoms with E-state index in [-0.39, 0.29) is 17.3 Å². The molecule has 0 unspecified atom stereocenters. The van der Waals surface area contributed by atoms with E-state index in [0.29, 0.717) is 27.2 Å². The summed E-state index contributed by atoms with van der Waals surface area (Å²) >= 11 is 2.53. The molecule has 140 valence electrons. The fourth-order valence-corrected chi connectivity index (χ4v) is 3.91. The first kappa shape index (κ1) is 18.1. The average Bonchev–Trinajstić information content (AvgIpc) is 3.33. The molecule has 0 spiro atoms. The molecule has 1 amide bonds. The number of nitrogens with zero attached hydrogens (tertiary/aromatic N) is 5. The van der Waals surface area contributed by atoms with E-state index in [4.69, 9.17) is 0 Å². The predicted molar refractivity (Wildman–Crippen MR) is 107 cm³/mol. The molecule has 0 radical (unpaired) electrons. The van der Waals surface area contributed by atoms with Crippen molar-refractivity contribution >= 4 is 45.5 Å². The molecule has 28 heavy (non-hydrogen) atoms. The molecule has 0 saturated carbocycles. The normalized spacial score (nSPS) is 10.9. The molecule has 4 aromatic rings. The van der Waals surface area contributed by atoms with Gasteiger partial charge in [0.2, 0.25) is 5.91 Å². The second-order valence-electron chi connectivity index (χ2n) is 5.59. The first-order valence-electron chi connectivity index (χ1n) is 8.03. The maximum absolute atomic E-state index is 12.2. The van der Waals surface area contributed by atoms with Crippen LogP contribution in [0, 0.1) is 10.1 Å². The maximum atomic E-state index is 12.2. The van der Waals surface area contributed by atoms with Gasteiger partial charge >= 0.3 is 0 Å². The van der Waals surface area contributed by atoms with E-state index in [1.165, 1.54) is 35.2 Å². The fraction of sp³-hybridized carbons (Fsp3) is 0.0588. The number of pyridine rings is 1. The van der Waals surface area contributed by atoms with Crippen LogP contribution in [-0.4, -0.2) is 36.2 Å². The highest BCUT2D eigenvalue weighted by Gasteiger charge is 2.13. The highest BCUT2D eigenvalue weighted by atomic mass is 32.2. The SMILES string of the molecule is O=C(CSc1nnc2ccccn12)Nc1nc(-c2cccc([N+](=O)[O-])c2)cs1. The Morgan fingerprint density at radius 2 is 2.14 bits per heavy atom. The highest BCUT2D eigenvalue weighted by Crippen LogP contribution is 2.27. The van der Waals surface area contributed by atoms with Crippen molar-refractivity contribution in [2.45, 2.75) is 5.16 Å². The minimum atomic E-state index is -0.454. The van der Waals surface area contributed by atoms with Crippen LogP contribution in [0.3, 0.4) is 0 Å². The number of carbonyl (C=O) groups is 1. The molecule has 0 atom stereocenters. The van der Waals surface area contributed by atoms with Crippen molar-refractivity contribution in [1.29, 1.82) is 0 Å². The zero-order valence-corrected chi connectivity index (χ0v) is 15.8. The lowest BCUT2D eigenvalue weighted by Crippen LogP contribution is -2.14. The molecule has 0 fully saturated rings. The third kappa shape index (κ3) is 3.85. The van der Waals surface area contributed by atoms with Gasteiger partial charge in [-0.3, -0.25) is 19.3 Å². The number of aromatic nitrogens is 4. The Morgan fingerprint density at radius 1 is 1.25 bits per heavy atom. The average molecular weight is 412 g/mol. The Labute approximate surface area is 166 Å². The summed E-state index contributed by atoms with van der Waals surface area (Å²) in [5, 5.41) is 24.5. The van der Waals surface area contributed by atoms with Gasteiger partial charge in [0.15, 0.2) is 15.9 Å². The van der Waals surface area contributed by atoms with Crippen molar-refractivity contribution in [3.8, 4) is 11.3 Å². The molecule has 0 aliphatic rings. The smallest absolute Gasteiger partial charge is 0.270 e. The third-order valence-corrected chi connectivity index (χ3v) is 5.42. The highest BCUT2D eigenvalue weighted by molar-refractivity contribution is 7.99. The number of hydrogen-bond acceptors (Lipinski definition) is 8. The number of thiazole rings is 1. The van der Waals surface area contributed by atoms with Crippen LogP contribution in [-0.2, 0) is 4.79 Å². The molecule has 9 nitrogen and oxygen atoms in total. The van der Waals surface area contributed by atoms with E-state index in [1.807, 2.05) is 28.8 Å². The quantitative estimate of drug-likeness (QED) is 0.293. The molecule has 0 aliphatic carbocycles. The molecule has 0 bridgehead atoms. The van der Waals surface area contributed by atoms with Gasteiger partial charge in [0, 0.05) is 29.3 Å². The van der Waals surface area contributed by atoms with E-state index >= 15 is 0 Å². The van der Waals surface area contributed by atoms with E-state index < -0.39 is 4.92 Å². The van der Waals surface area contributed by atoms with Crippen LogP contribution < -0.4 is 5.32 Å². The van der Waals surface area contributed by atoms with Gasteiger partial charge in [-0.25, -0.2) is 4.98 Å². The monoisotopic (exact) mass is 412 g/mol. The fourth-order valence-electron chi connectivity index (χ4n) is 2.45. The van der Waals surface area contributed by atoms with Crippen LogP contribution in [0.25, 0.3) is 16.9 Å². The van der Waals surface area contributed by atoms with Gasteiger partial charge in [0.05, 0.1) is 16.4 Å². The molecule has 3 heterocycles. The van der Waals surface area contributed by atoms with Crippen molar-refractivity contribution in [2.24, 2.45) is 0 Å². The van der Waals surface area contributed by atoms with E-state index in [0.717, 1.165) is 0 Å². The van der Waals surface area contributed by atoms with Crippen molar-refractivity contribution in [1.82, 2.24) is 19.6 Å². The minimum absolute atomic E-state index is 0.00646. The van der Waals surface area contributed by atoms with Gasteiger partial charge in [-0.2, -0.15) is 0 Å². The largest absolute Gasteiger partial charge is 0.301 e. The van der Waals surface area contributed by atoms with Crippen LogP contribution in [0.5, 0.6) is 0 Å². The number of amides is 1. The summed E-state index contributed by atoms with van der Waals surface area (Å²) in [5.74, 6) is -0.0702. The summed E-state index contributed by atoms with van der Waals surface area (Å²) < 4.78 is 1.81. The van der Waals surface area contributed by atoms with Gasteiger partial charge < -0.3 is 5.32 Å². The lowest BCUT2D eigenvalue weighted by atomic mass is 10.1. The molecule has 0 aliphatic heterocycles. The number of nitrogens with one attached hydrogen (secondary N) is 1. The molecular weight excluding hydrogens is 400 g/mol. The number of hydrogen-bond donors (Lipinski definition) is 1. The lowest BCUT2D eigenvalue weighted by molar-refractivity contribution is -0.384. The molecule has 3 aromatic heterocycles. The van der Waals surface area contributed by atoms with Crippen LogP contribution >= 0.6 is 23.1 Å². The van der Waals surface area contributed by atoms with Crippen LogP contribution in [0.2, 0.25) is 0 Å². The summed E-state index contributed by atoms with van der Waals surface area (Å²) in [6.45, 7) is 0. The minimum Gasteiger partial charge on any atom is -0.301 e. The molecule has 1 N–H and O–H groups in total. The van der Waals surface area contributed by atoms with Gasteiger partial charge in [-0.1, -0.05) is 30.0 Å². The number of fused-ring (bicyclic) bond motifs is 1. The number of nitro benzene ring substituents is 1. The van der Waals surface area contributed by atoms with Crippen molar-refractivity contribution < 1.29 is 9.72 Å². The summed E-state index contributed by atoms with van der Waals surface area (Å²) in [7, 11) is 0. The number of non-ortho nitro benzene ring substituents is 1. The van der Waals surface area contributed by atoms with E-state index in [9.17, 15) is 14.9 Å². The Morgan fingerprint density at radius 3 is 3.00 bits per heavy atom. The first-order chi connectivity index (χ1) is 13.6. The molecule has 0 saturated heterocycles. The molecular formula is C17H12N6O3S2. The van der Waals surface area contributed by atoms with Crippen molar-refractivity contribution in [2.75, 3.05) is 11.1 Å². The van der Waals surface area contributed by atoms with Gasteiger partial charge in [-0.05, 0) is 12.1 Å². The maximum Gasteiger partial charge on any atom is 0.270 e. The van der Waals surface area contributed by atoms with Crippen molar-refractivity contribution in [3.05, 3.63) is 64.2 Å². The standard InChI is InChI=1S/C17H12N6O3S2/c24-15(10-28-17-21-20-14-6-1-2-7-22(14)17)19-16-18-13(9-27-16)11-4-3-5-12(8-11)23(25)26/h1-9H,10H2,(H,18,19,24). The Kier molecular flexibility index (Phi) is 5.00. The van der Waals surface area contributed by atoms with Crippen LogP contribution in [0.15, 0.2) is 59.2 Å². The topological polar surface area (TPSA) is 115 Å². The first-order valence-corrected chi connectivity index (χ1v) is 9.89. The number of benzene rings is 1. The van der Waals surface area contributed by atoms with Crippen LogP contribution in [0.4, 0.5) is 10.8 Å². The number of nitro groups is 1. The lowest BCUT2D eigenvalue weighted by Gasteiger charge is -2.01. The van der Waals surface area contributed by atoms with Crippen LogP contribution in [0.1, 0.15) is 0 Å². The number of carbonyl (C=O) groups excluding carboxylic acids is 1. The third-order valence-electron chi connectivity index (χ3n) is 3.72.